The lowest BCUT2D eigenvalue weighted by atomic mass is 9.75. The Hall–Kier alpha value is -1.14. The molecule has 1 N–H and O–H groups in total. The first-order valence-electron chi connectivity index (χ1n) is 6.37. The van der Waals surface area contributed by atoms with Gasteiger partial charge < -0.3 is 9.84 Å². The largest absolute Gasteiger partial charge is 0.419 e. The van der Waals surface area contributed by atoms with E-state index in [-0.39, 0.29) is 12.0 Å². The Morgan fingerprint density at radius 3 is 2.40 bits per heavy atom. The Morgan fingerprint density at radius 1 is 1.35 bits per heavy atom. The van der Waals surface area contributed by atoms with Crippen LogP contribution >= 0.6 is 0 Å². The highest BCUT2D eigenvalue weighted by molar-refractivity contribution is 5.28. The van der Waals surface area contributed by atoms with Crippen LogP contribution in [0, 0.1) is 5.82 Å². The standard InChI is InChI=1S/C14H16F4O2/c1-20-13(5-2-6-13)8-12(19)9-3-4-10(11(15)7-9)14(16,17)18/h3-4,7,12,19H,2,5-6,8H2,1H3. The number of methoxy groups -OCH3 is 1. The molecule has 112 valence electrons. The number of benzene rings is 1. The van der Waals surface area contributed by atoms with Gasteiger partial charge in [0.15, 0.2) is 0 Å². The first-order valence-corrected chi connectivity index (χ1v) is 6.37. The van der Waals surface area contributed by atoms with Crippen LogP contribution in [0.1, 0.15) is 42.9 Å². The van der Waals surface area contributed by atoms with Gasteiger partial charge in [0.25, 0.3) is 0 Å². The molecule has 1 aliphatic rings. The number of alkyl halides is 3. The second-order valence-electron chi connectivity index (χ2n) is 5.20. The molecule has 1 saturated carbocycles. The topological polar surface area (TPSA) is 29.5 Å². The number of aliphatic hydroxyl groups is 1. The van der Waals surface area contributed by atoms with Crippen molar-refractivity contribution < 1.29 is 27.4 Å². The van der Waals surface area contributed by atoms with E-state index in [0.717, 1.165) is 31.4 Å². The molecule has 0 bridgehead atoms. The van der Waals surface area contributed by atoms with E-state index in [0.29, 0.717) is 6.07 Å². The van der Waals surface area contributed by atoms with Crippen LogP contribution in [0.2, 0.25) is 0 Å². The number of hydrogen-bond acceptors (Lipinski definition) is 2. The molecule has 6 heteroatoms. The predicted molar refractivity (Wildman–Crippen MR) is 64.6 cm³/mol. The summed E-state index contributed by atoms with van der Waals surface area (Å²) in [5.41, 5.74) is -1.61. The van der Waals surface area contributed by atoms with Crippen molar-refractivity contribution in [2.24, 2.45) is 0 Å². The van der Waals surface area contributed by atoms with Crippen LogP contribution in [0.4, 0.5) is 17.6 Å². The summed E-state index contributed by atoms with van der Waals surface area (Å²) in [6.45, 7) is 0. The smallest absolute Gasteiger partial charge is 0.388 e. The fraction of sp³-hybridized carbons (Fsp3) is 0.571. The highest BCUT2D eigenvalue weighted by Crippen LogP contribution is 2.42. The SMILES string of the molecule is COC1(CC(O)c2ccc(C(F)(F)F)c(F)c2)CCC1. The van der Waals surface area contributed by atoms with Gasteiger partial charge in [-0.05, 0) is 37.0 Å². The number of aliphatic hydroxyl groups excluding tert-OH is 1. The first kappa shape index (κ1) is 15.3. The molecular formula is C14H16F4O2. The summed E-state index contributed by atoms with van der Waals surface area (Å²) in [6.07, 6.45) is -2.93. The molecule has 1 aliphatic carbocycles. The lowest BCUT2D eigenvalue weighted by Gasteiger charge is -2.41. The molecule has 1 fully saturated rings. The van der Waals surface area contributed by atoms with Gasteiger partial charge in [0, 0.05) is 13.5 Å². The van der Waals surface area contributed by atoms with E-state index in [1.165, 1.54) is 0 Å². The molecule has 20 heavy (non-hydrogen) atoms. The van der Waals surface area contributed by atoms with E-state index in [9.17, 15) is 22.7 Å². The molecule has 1 unspecified atom stereocenters. The quantitative estimate of drug-likeness (QED) is 0.854. The van der Waals surface area contributed by atoms with Gasteiger partial charge in [0.2, 0.25) is 0 Å². The molecule has 0 spiro atoms. The highest BCUT2D eigenvalue weighted by atomic mass is 19.4. The minimum atomic E-state index is -4.73. The maximum Gasteiger partial charge on any atom is 0.419 e. The summed E-state index contributed by atoms with van der Waals surface area (Å²) in [5, 5.41) is 10.0. The van der Waals surface area contributed by atoms with E-state index in [1.807, 2.05) is 0 Å². The number of ether oxygens (including phenoxy) is 1. The molecule has 2 nitrogen and oxygen atoms in total. The normalized spacial score (nSPS) is 19.5. The summed E-state index contributed by atoms with van der Waals surface area (Å²) in [7, 11) is 1.54. The van der Waals surface area contributed by atoms with Crippen molar-refractivity contribution in [2.45, 2.75) is 43.6 Å². The third kappa shape index (κ3) is 2.96. The fourth-order valence-electron chi connectivity index (χ4n) is 2.50. The van der Waals surface area contributed by atoms with Gasteiger partial charge in [-0.25, -0.2) is 4.39 Å². The van der Waals surface area contributed by atoms with Crippen LogP contribution in [0.25, 0.3) is 0 Å². The molecule has 1 atom stereocenters. The van der Waals surface area contributed by atoms with E-state index < -0.39 is 29.3 Å². The fourth-order valence-corrected chi connectivity index (χ4v) is 2.50. The zero-order chi connectivity index (χ0) is 15.0. The Bertz CT molecular complexity index is 475. The zero-order valence-corrected chi connectivity index (χ0v) is 11.0. The summed E-state index contributed by atoms with van der Waals surface area (Å²) >= 11 is 0. The van der Waals surface area contributed by atoms with Gasteiger partial charge in [0.1, 0.15) is 5.82 Å². The molecule has 0 aromatic heterocycles. The van der Waals surface area contributed by atoms with Crippen molar-refractivity contribution in [2.75, 3.05) is 7.11 Å². The van der Waals surface area contributed by atoms with Crippen molar-refractivity contribution >= 4 is 0 Å². The van der Waals surface area contributed by atoms with Gasteiger partial charge >= 0.3 is 6.18 Å². The molecule has 0 saturated heterocycles. The monoisotopic (exact) mass is 292 g/mol. The minimum absolute atomic E-state index is 0.138. The molecule has 0 radical (unpaired) electrons. The van der Waals surface area contributed by atoms with Crippen LogP contribution in [0.5, 0.6) is 0 Å². The number of halogens is 4. The van der Waals surface area contributed by atoms with Crippen molar-refractivity contribution in [3.63, 3.8) is 0 Å². The van der Waals surface area contributed by atoms with Crippen molar-refractivity contribution in [3.05, 3.63) is 35.1 Å². The third-order valence-electron chi connectivity index (χ3n) is 3.95. The summed E-state index contributed by atoms with van der Waals surface area (Å²) in [5.74, 6) is -1.37. The Kier molecular flexibility index (Phi) is 4.07. The maximum absolute atomic E-state index is 13.5. The second kappa shape index (κ2) is 5.33. The minimum Gasteiger partial charge on any atom is -0.388 e. The van der Waals surface area contributed by atoms with Crippen molar-refractivity contribution in [3.8, 4) is 0 Å². The Balaban J connectivity index is 2.15. The van der Waals surface area contributed by atoms with E-state index >= 15 is 0 Å². The number of hydrogen-bond donors (Lipinski definition) is 1. The Labute approximate surface area is 114 Å². The van der Waals surface area contributed by atoms with Crippen molar-refractivity contribution in [1.82, 2.24) is 0 Å². The lowest BCUT2D eigenvalue weighted by Crippen LogP contribution is -2.40. The van der Waals surface area contributed by atoms with Crippen LogP contribution in [0.3, 0.4) is 0 Å². The lowest BCUT2D eigenvalue weighted by molar-refractivity contribution is -0.140. The van der Waals surface area contributed by atoms with Crippen LogP contribution in [-0.4, -0.2) is 17.8 Å². The van der Waals surface area contributed by atoms with Crippen molar-refractivity contribution in [1.29, 1.82) is 0 Å². The van der Waals surface area contributed by atoms with Gasteiger partial charge in [-0.1, -0.05) is 6.07 Å². The summed E-state index contributed by atoms with van der Waals surface area (Å²) in [6, 6.07) is 2.52. The second-order valence-corrected chi connectivity index (χ2v) is 5.20. The zero-order valence-electron chi connectivity index (χ0n) is 11.0. The first-order chi connectivity index (χ1) is 9.27. The van der Waals surface area contributed by atoms with Gasteiger partial charge in [-0.15, -0.1) is 0 Å². The molecule has 0 heterocycles. The third-order valence-corrected chi connectivity index (χ3v) is 3.95. The molecular weight excluding hydrogens is 276 g/mol. The van der Waals surface area contributed by atoms with Gasteiger partial charge in [0.05, 0.1) is 17.3 Å². The highest BCUT2D eigenvalue weighted by Gasteiger charge is 2.39. The van der Waals surface area contributed by atoms with Crippen LogP contribution < -0.4 is 0 Å². The van der Waals surface area contributed by atoms with Gasteiger partial charge in [-0.3, -0.25) is 0 Å². The van der Waals surface area contributed by atoms with E-state index in [2.05, 4.69) is 0 Å². The molecule has 1 aromatic carbocycles. The summed E-state index contributed by atoms with van der Waals surface area (Å²) in [4.78, 5) is 0. The average molecular weight is 292 g/mol. The molecule has 0 aliphatic heterocycles. The van der Waals surface area contributed by atoms with E-state index in [4.69, 9.17) is 4.74 Å². The average Bonchev–Trinajstić information content (AvgIpc) is 2.31. The number of rotatable bonds is 4. The van der Waals surface area contributed by atoms with Crippen LogP contribution in [0.15, 0.2) is 18.2 Å². The molecule has 2 rings (SSSR count). The van der Waals surface area contributed by atoms with Crippen LogP contribution in [-0.2, 0) is 10.9 Å². The summed E-state index contributed by atoms with van der Waals surface area (Å²) < 4.78 is 56.1. The Morgan fingerprint density at radius 2 is 2.00 bits per heavy atom. The predicted octanol–water partition coefficient (Wildman–Crippen LogP) is 3.84. The van der Waals surface area contributed by atoms with E-state index in [1.54, 1.807) is 7.11 Å². The molecule has 1 aromatic rings. The van der Waals surface area contributed by atoms with Gasteiger partial charge in [-0.2, -0.15) is 13.2 Å². The maximum atomic E-state index is 13.5. The molecule has 0 amide bonds.